The highest BCUT2D eigenvalue weighted by atomic mass is 32.1. The molecular formula is C16H18N4S. The van der Waals surface area contributed by atoms with Crippen molar-refractivity contribution in [1.29, 1.82) is 0 Å². The second-order valence-electron chi connectivity index (χ2n) is 5.11. The zero-order valence-electron chi connectivity index (χ0n) is 12.4. The molecule has 5 heteroatoms. The number of nitrogens with one attached hydrogen (secondary N) is 1. The van der Waals surface area contributed by atoms with E-state index >= 15 is 0 Å². The molecule has 0 spiro atoms. The fourth-order valence-corrected chi connectivity index (χ4v) is 3.16. The van der Waals surface area contributed by atoms with E-state index in [2.05, 4.69) is 69.9 Å². The van der Waals surface area contributed by atoms with Crippen LogP contribution in [0.15, 0.2) is 35.7 Å². The molecule has 4 nitrogen and oxygen atoms in total. The van der Waals surface area contributed by atoms with E-state index in [4.69, 9.17) is 0 Å². The molecular weight excluding hydrogens is 280 g/mol. The van der Waals surface area contributed by atoms with Gasteiger partial charge in [-0.05, 0) is 23.9 Å². The average molecular weight is 298 g/mol. The Morgan fingerprint density at radius 2 is 2.10 bits per heavy atom. The zero-order valence-corrected chi connectivity index (χ0v) is 13.2. The van der Waals surface area contributed by atoms with Gasteiger partial charge >= 0.3 is 0 Å². The van der Waals surface area contributed by atoms with E-state index in [1.807, 2.05) is 7.05 Å². The Bertz CT molecular complexity index is 766. The summed E-state index contributed by atoms with van der Waals surface area (Å²) in [4.78, 5) is 12.3. The smallest absolute Gasteiger partial charge is 0.225 e. The van der Waals surface area contributed by atoms with Crippen molar-refractivity contribution in [2.45, 2.75) is 13.5 Å². The Hall–Kier alpha value is -2.14. The Morgan fingerprint density at radius 3 is 2.86 bits per heavy atom. The van der Waals surface area contributed by atoms with Crippen molar-refractivity contribution in [2.24, 2.45) is 0 Å². The summed E-state index contributed by atoms with van der Waals surface area (Å²) in [5, 5.41) is 6.20. The predicted octanol–water partition coefficient (Wildman–Crippen LogP) is 3.68. The van der Waals surface area contributed by atoms with Crippen molar-refractivity contribution in [2.75, 3.05) is 24.3 Å². The molecule has 0 aliphatic rings. The Balaban J connectivity index is 1.97. The van der Waals surface area contributed by atoms with Gasteiger partial charge in [-0.2, -0.15) is 4.98 Å². The number of hydrogen-bond acceptors (Lipinski definition) is 5. The molecule has 0 aliphatic heterocycles. The molecule has 0 bridgehead atoms. The van der Waals surface area contributed by atoms with Crippen LogP contribution in [0, 0.1) is 6.92 Å². The van der Waals surface area contributed by atoms with Crippen LogP contribution in [0.2, 0.25) is 0 Å². The van der Waals surface area contributed by atoms with Crippen molar-refractivity contribution in [3.8, 4) is 0 Å². The molecule has 0 saturated carbocycles. The largest absolute Gasteiger partial charge is 0.357 e. The summed E-state index contributed by atoms with van der Waals surface area (Å²) in [5.74, 6) is 1.63. The molecule has 0 unspecified atom stereocenters. The minimum atomic E-state index is 0.663. The van der Waals surface area contributed by atoms with E-state index in [0.717, 1.165) is 22.6 Å². The number of thiophene rings is 1. The molecule has 0 aliphatic carbocycles. The maximum atomic E-state index is 4.62. The number of fused-ring (bicyclic) bond motifs is 1. The normalized spacial score (nSPS) is 10.8. The van der Waals surface area contributed by atoms with E-state index in [-0.39, 0.29) is 0 Å². The zero-order chi connectivity index (χ0) is 14.8. The third kappa shape index (κ3) is 2.83. The summed E-state index contributed by atoms with van der Waals surface area (Å²) >= 11 is 1.64. The highest BCUT2D eigenvalue weighted by Crippen LogP contribution is 2.29. The van der Waals surface area contributed by atoms with Crippen LogP contribution in [0.1, 0.15) is 11.1 Å². The first-order valence-corrected chi connectivity index (χ1v) is 7.75. The highest BCUT2D eigenvalue weighted by Gasteiger charge is 2.12. The van der Waals surface area contributed by atoms with Crippen LogP contribution in [-0.4, -0.2) is 24.1 Å². The van der Waals surface area contributed by atoms with Crippen molar-refractivity contribution in [3.05, 3.63) is 46.8 Å². The first-order valence-electron chi connectivity index (χ1n) is 6.87. The SMILES string of the molecule is CNc1nc(N(C)Cc2cccc(C)c2)c2ccsc2n1. The van der Waals surface area contributed by atoms with E-state index in [1.165, 1.54) is 11.1 Å². The van der Waals surface area contributed by atoms with Gasteiger partial charge in [0.15, 0.2) is 0 Å². The number of benzene rings is 1. The van der Waals surface area contributed by atoms with E-state index in [0.29, 0.717) is 5.95 Å². The molecule has 2 heterocycles. The van der Waals surface area contributed by atoms with Gasteiger partial charge in [-0.25, -0.2) is 4.98 Å². The first kappa shape index (κ1) is 13.8. The third-order valence-corrected chi connectivity index (χ3v) is 4.20. The number of hydrogen-bond donors (Lipinski definition) is 1. The maximum absolute atomic E-state index is 4.62. The molecule has 1 aromatic carbocycles. The number of aryl methyl sites for hydroxylation is 1. The Kier molecular flexibility index (Phi) is 3.75. The summed E-state index contributed by atoms with van der Waals surface area (Å²) in [6.45, 7) is 2.94. The van der Waals surface area contributed by atoms with Gasteiger partial charge in [-0.15, -0.1) is 11.3 Å². The molecule has 3 aromatic rings. The Labute approximate surface area is 128 Å². The summed E-state index contributed by atoms with van der Waals surface area (Å²) in [5.41, 5.74) is 2.56. The molecule has 0 amide bonds. The van der Waals surface area contributed by atoms with E-state index in [1.54, 1.807) is 11.3 Å². The first-order chi connectivity index (χ1) is 10.2. The number of anilines is 2. The van der Waals surface area contributed by atoms with Gasteiger partial charge in [0.2, 0.25) is 5.95 Å². The van der Waals surface area contributed by atoms with Gasteiger partial charge < -0.3 is 10.2 Å². The molecule has 21 heavy (non-hydrogen) atoms. The van der Waals surface area contributed by atoms with Crippen molar-refractivity contribution in [3.63, 3.8) is 0 Å². The van der Waals surface area contributed by atoms with E-state index < -0.39 is 0 Å². The van der Waals surface area contributed by atoms with Gasteiger partial charge in [0.1, 0.15) is 10.6 Å². The highest BCUT2D eigenvalue weighted by molar-refractivity contribution is 7.16. The van der Waals surface area contributed by atoms with Gasteiger partial charge in [0.25, 0.3) is 0 Å². The van der Waals surface area contributed by atoms with Crippen molar-refractivity contribution < 1.29 is 0 Å². The molecule has 2 aromatic heterocycles. The molecule has 0 fully saturated rings. The van der Waals surface area contributed by atoms with Crippen LogP contribution in [0.25, 0.3) is 10.2 Å². The van der Waals surface area contributed by atoms with Gasteiger partial charge in [0.05, 0.1) is 5.39 Å². The van der Waals surface area contributed by atoms with Crippen LogP contribution in [0.3, 0.4) is 0 Å². The minimum Gasteiger partial charge on any atom is -0.357 e. The maximum Gasteiger partial charge on any atom is 0.225 e. The molecule has 3 rings (SSSR count). The van der Waals surface area contributed by atoms with Crippen LogP contribution in [-0.2, 0) is 6.54 Å². The number of nitrogens with zero attached hydrogens (tertiary/aromatic N) is 3. The molecule has 0 radical (unpaired) electrons. The lowest BCUT2D eigenvalue weighted by Crippen LogP contribution is -2.18. The summed E-state index contributed by atoms with van der Waals surface area (Å²) in [6, 6.07) is 10.7. The van der Waals surface area contributed by atoms with Crippen LogP contribution < -0.4 is 10.2 Å². The lowest BCUT2D eigenvalue weighted by molar-refractivity contribution is 0.900. The monoisotopic (exact) mass is 298 g/mol. The van der Waals surface area contributed by atoms with Crippen molar-refractivity contribution in [1.82, 2.24) is 9.97 Å². The standard InChI is InChI=1S/C16H18N4S/c1-11-5-4-6-12(9-11)10-20(3)14-13-7-8-21-15(13)19-16(17-2)18-14/h4-9H,10H2,1-3H3,(H,17,18,19). The molecule has 108 valence electrons. The molecule has 1 N–H and O–H groups in total. The fraction of sp³-hybridized carbons (Fsp3) is 0.250. The summed E-state index contributed by atoms with van der Waals surface area (Å²) in [6.07, 6.45) is 0. The van der Waals surface area contributed by atoms with Crippen LogP contribution >= 0.6 is 11.3 Å². The minimum absolute atomic E-state index is 0.663. The molecule has 0 saturated heterocycles. The lowest BCUT2D eigenvalue weighted by atomic mass is 10.1. The molecule has 0 atom stereocenters. The predicted molar refractivity (Wildman–Crippen MR) is 90.2 cm³/mol. The van der Waals surface area contributed by atoms with Crippen LogP contribution in [0.4, 0.5) is 11.8 Å². The van der Waals surface area contributed by atoms with Gasteiger partial charge in [-0.1, -0.05) is 29.8 Å². The average Bonchev–Trinajstić information content (AvgIpc) is 2.94. The number of rotatable bonds is 4. The number of aromatic nitrogens is 2. The quantitative estimate of drug-likeness (QED) is 0.798. The summed E-state index contributed by atoms with van der Waals surface area (Å²) < 4.78 is 0. The van der Waals surface area contributed by atoms with E-state index in [9.17, 15) is 0 Å². The van der Waals surface area contributed by atoms with Crippen LogP contribution in [0.5, 0.6) is 0 Å². The Morgan fingerprint density at radius 1 is 1.24 bits per heavy atom. The van der Waals surface area contributed by atoms with Gasteiger partial charge in [0, 0.05) is 20.6 Å². The third-order valence-electron chi connectivity index (χ3n) is 3.39. The lowest BCUT2D eigenvalue weighted by Gasteiger charge is -2.20. The second-order valence-corrected chi connectivity index (χ2v) is 6.00. The topological polar surface area (TPSA) is 41.1 Å². The summed E-state index contributed by atoms with van der Waals surface area (Å²) in [7, 11) is 3.92. The second kappa shape index (κ2) is 5.69. The fourth-order valence-electron chi connectivity index (χ4n) is 2.40. The van der Waals surface area contributed by atoms with Crippen molar-refractivity contribution >= 4 is 33.3 Å². The van der Waals surface area contributed by atoms with Gasteiger partial charge in [-0.3, -0.25) is 0 Å².